The minimum atomic E-state index is 0.639. The minimum Gasteiger partial charge on any atom is -0.317 e. The van der Waals surface area contributed by atoms with Gasteiger partial charge in [0, 0.05) is 13.6 Å². The molecular formula is C8H20N2O. The van der Waals surface area contributed by atoms with Crippen LogP contribution in [0.2, 0.25) is 0 Å². The first kappa shape index (κ1) is 10.9. The predicted octanol–water partition coefficient (Wildman–Crippen LogP) is 0.725. The first-order valence-electron chi connectivity index (χ1n) is 4.16. The summed E-state index contributed by atoms with van der Waals surface area (Å²) in [5, 5.41) is 5.14. The molecule has 0 heterocycles. The Morgan fingerprint density at radius 3 is 2.64 bits per heavy atom. The lowest BCUT2D eigenvalue weighted by molar-refractivity contribution is -0.116. The van der Waals surface area contributed by atoms with Gasteiger partial charge in [0.2, 0.25) is 0 Å². The van der Waals surface area contributed by atoms with Crippen molar-refractivity contribution in [3.05, 3.63) is 0 Å². The number of hydroxylamine groups is 2. The van der Waals surface area contributed by atoms with Gasteiger partial charge >= 0.3 is 0 Å². The lowest BCUT2D eigenvalue weighted by atomic mass is 10.2. The maximum atomic E-state index is 5.01. The topological polar surface area (TPSA) is 24.5 Å². The van der Waals surface area contributed by atoms with Crippen molar-refractivity contribution < 1.29 is 4.84 Å². The van der Waals surface area contributed by atoms with E-state index in [-0.39, 0.29) is 0 Å². The Bertz CT molecular complexity index is 88.2. The Kier molecular flexibility index (Phi) is 6.51. The van der Waals surface area contributed by atoms with Crippen molar-refractivity contribution in [3.8, 4) is 0 Å². The van der Waals surface area contributed by atoms with Gasteiger partial charge in [-0.05, 0) is 19.0 Å². The highest BCUT2D eigenvalue weighted by molar-refractivity contribution is 4.56. The molecule has 68 valence electrons. The monoisotopic (exact) mass is 160 g/mol. The average Bonchev–Trinajstić information content (AvgIpc) is 2.00. The molecule has 0 aliphatic carbocycles. The van der Waals surface area contributed by atoms with Gasteiger partial charge in [-0.15, -0.1) is 0 Å². The van der Waals surface area contributed by atoms with Gasteiger partial charge in [0.15, 0.2) is 0 Å². The predicted molar refractivity (Wildman–Crippen MR) is 47.3 cm³/mol. The zero-order valence-corrected chi connectivity index (χ0v) is 8.05. The molecule has 0 saturated carbocycles. The van der Waals surface area contributed by atoms with E-state index in [0.717, 1.165) is 19.6 Å². The van der Waals surface area contributed by atoms with E-state index in [9.17, 15) is 0 Å². The van der Waals surface area contributed by atoms with E-state index >= 15 is 0 Å². The molecule has 0 fully saturated rings. The molecule has 0 aromatic heterocycles. The zero-order chi connectivity index (χ0) is 8.69. The standard InChI is InChI=1S/C8H20N2O/c1-5-9-6-8(2)7-10(3)11-4/h8-9H,5-7H2,1-4H3. The maximum Gasteiger partial charge on any atom is 0.0575 e. The van der Waals surface area contributed by atoms with Crippen LogP contribution in [0.5, 0.6) is 0 Å². The van der Waals surface area contributed by atoms with Crippen LogP contribution in [0.25, 0.3) is 0 Å². The number of hydrogen-bond donors (Lipinski definition) is 1. The summed E-state index contributed by atoms with van der Waals surface area (Å²) < 4.78 is 0. The molecule has 0 saturated heterocycles. The van der Waals surface area contributed by atoms with Gasteiger partial charge in [-0.2, -0.15) is 5.06 Å². The number of hydrogen-bond acceptors (Lipinski definition) is 3. The van der Waals surface area contributed by atoms with Crippen molar-refractivity contribution in [1.29, 1.82) is 0 Å². The molecule has 1 unspecified atom stereocenters. The normalized spacial score (nSPS) is 13.9. The molecule has 11 heavy (non-hydrogen) atoms. The fourth-order valence-corrected chi connectivity index (χ4v) is 0.969. The summed E-state index contributed by atoms with van der Waals surface area (Å²) in [6.45, 7) is 7.40. The van der Waals surface area contributed by atoms with E-state index in [0.29, 0.717) is 5.92 Å². The largest absolute Gasteiger partial charge is 0.317 e. The third-order valence-corrected chi connectivity index (χ3v) is 1.62. The van der Waals surface area contributed by atoms with Crippen LogP contribution >= 0.6 is 0 Å². The van der Waals surface area contributed by atoms with Gasteiger partial charge in [0.05, 0.1) is 7.11 Å². The lowest BCUT2D eigenvalue weighted by Gasteiger charge is -2.18. The van der Waals surface area contributed by atoms with Crippen molar-refractivity contribution >= 4 is 0 Å². The molecule has 0 aromatic rings. The van der Waals surface area contributed by atoms with E-state index < -0.39 is 0 Å². The third kappa shape index (κ3) is 6.28. The highest BCUT2D eigenvalue weighted by atomic mass is 16.7. The van der Waals surface area contributed by atoms with Gasteiger partial charge in [0.1, 0.15) is 0 Å². The number of nitrogens with zero attached hydrogens (tertiary/aromatic N) is 1. The van der Waals surface area contributed by atoms with Gasteiger partial charge in [-0.25, -0.2) is 0 Å². The fraction of sp³-hybridized carbons (Fsp3) is 1.00. The molecule has 0 aliphatic heterocycles. The first-order chi connectivity index (χ1) is 5.20. The minimum absolute atomic E-state index is 0.639. The first-order valence-corrected chi connectivity index (χ1v) is 4.16. The summed E-state index contributed by atoms with van der Waals surface area (Å²) in [7, 11) is 3.64. The molecule has 0 spiro atoms. The van der Waals surface area contributed by atoms with Crippen molar-refractivity contribution in [2.24, 2.45) is 5.92 Å². The van der Waals surface area contributed by atoms with E-state index in [4.69, 9.17) is 4.84 Å². The van der Waals surface area contributed by atoms with E-state index in [1.807, 2.05) is 12.1 Å². The van der Waals surface area contributed by atoms with Gasteiger partial charge < -0.3 is 10.2 Å². The van der Waals surface area contributed by atoms with Gasteiger partial charge in [0.25, 0.3) is 0 Å². The molecule has 0 aliphatic rings. The van der Waals surface area contributed by atoms with Crippen LogP contribution in [0, 0.1) is 5.92 Å². The van der Waals surface area contributed by atoms with E-state index in [1.165, 1.54) is 0 Å². The Morgan fingerprint density at radius 1 is 1.55 bits per heavy atom. The maximum absolute atomic E-state index is 5.01. The third-order valence-electron chi connectivity index (χ3n) is 1.62. The number of nitrogens with one attached hydrogen (secondary N) is 1. The second-order valence-electron chi connectivity index (χ2n) is 2.91. The number of rotatable bonds is 6. The van der Waals surface area contributed by atoms with Gasteiger partial charge in [-0.3, -0.25) is 0 Å². The van der Waals surface area contributed by atoms with Crippen LogP contribution < -0.4 is 5.32 Å². The van der Waals surface area contributed by atoms with Crippen molar-refractivity contribution in [2.75, 3.05) is 33.8 Å². The molecule has 1 N–H and O–H groups in total. The lowest BCUT2D eigenvalue weighted by Crippen LogP contribution is -2.30. The van der Waals surface area contributed by atoms with Crippen LogP contribution in [0.4, 0.5) is 0 Å². The molecule has 3 heteroatoms. The summed E-state index contributed by atoms with van der Waals surface area (Å²) in [5.41, 5.74) is 0. The fourth-order valence-electron chi connectivity index (χ4n) is 0.969. The average molecular weight is 160 g/mol. The molecular weight excluding hydrogens is 140 g/mol. The molecule has 0 radical (unpaired) electrons. The highest BCUT2D eigenvalue weighted by Gasteiger charge is 2.03. The van der Waals surface area contributed by atoms with Crippen LogP contribution in [0.15, 0.2) is 0 Å². The molecule has 3 nitrogen and oxygen atoms in total. The second kappa shape index (κ2) is 6.58. The van der Waals surface area contributed by atoms with Crippen molar-refractivity contribution in [1.82, 2.24) is 10.4 Å². The smallest absolute Gasteiger partial charge is 0.0575 e. The highest BCUT2D eigenvalue weighted by Crippen LogP contribution is 1.95. The molecule has 0 rings (SSSR count). The SMILES string of the molecule is CCNCC(C)CN(C)OC. The van der Waals surface area contributed by atoms with Crippen LogP contribution in [-0.4, -0.2) is 38.9 Å². The Morgan fingerprint density at radius 2 is 2.18 bits per heavy atom. The molecule has 0 amide bonds. The summed E-state index contributed by atoms with van der Waals surface area (Å²) in [5.74, 6) is 0.639. The molecule has 0 aromatic carbocycles. The summed E-state index contributed by atoms with van der Waals surface area (Å²) >= 11 is 0. The Hall–Kier alpha value is -0.120. The Labute approximate surface area is 69.7 Å². The second-order valence-corrected chi connectivity index (χ2v) is 2.91. The Balaban J connectivity index is 3.27. The summed E-state index contributed by atoms with van der Waals surface area (Å²) in [6.07, 6.45) is 0. The van der Waals surface area contributed by atoms with Crippen LogP contribution in [0.1, 0.15) is 13.8 Å². The van der Waals surface area contributed by atoms with Crippen molar-refractivity contribution in [2.45, 2.75) is 13.8 Å². The van der Waals surface area contributed by atoms with E-state index in [1.54, 1.807) is 7.11 Å². The molecule has 0 bridgehead atoms. The summed E-state index contributed by atoms with van der Waals surface area (Å²) in [4.78, 5) is 5.01. The van der Waals surface area contributed by atoms with Crippen LogP contribution in [0.3, 0.4) is 0 Å². The molecule has 1 atom stereocenters. The van der Waals surface area contributed by atoms with Crippen LogP contribution in [-0.2, 0) is 4.84 Å². The summed E-state index contributed by atoms with van der Waals surface area (Å²) in [6, 6.07) is 0. The van der Waals surface area contributed by atoms with E-state index in [2.05, 4.69) is 19.2 Å². The van der Waals surface area contributed by atoms with Crippen molar-refractivity contribution in [3.63, 3.8) is 0 Å². The quantitative estimate of drug-likeness (QED) is 0.580. The van der Waals surface area contributed by atoms with Gasteiger partial charge in [-0.1, -0.05) is 13.8 Å². The zero-order valence-electron chi connectivity index (χ0n) is 8.05.